The number of aryl methyl sites for hydroxylation is 4. The zero-order valence-corrected chi connectivity index (χ0v) is 69.6. The minimum absolute atomic E-state index is 0.0554. The highest BCUT2D eigenvalue weighted by molar-refractivity contribution is 6.12. The number of rotatable bonds is 38. The quantitative estimate of drug-likeness (QED) is 0.0361. The van der Waals surface area contributed by atoms with Gasteiger partial charge in [0.2, 0.25) is 0 Å². The standard InChI is InChI=1S/C109H120N6/c1-7-9-11-13-21-39-69-109(70-40-22-14-12-10-8-2)97-73-79(3)107(110(5)71-41-23-17-15-19-25-43-81-57-67-105-95(75-81)91-49-31-37-55-103(91)114(105)85-63-59-83(60-64-85)112-99-51-33-27-45-87(99)88-46-28-34-52-100(88)112)77-93(97)94-78-108(80(4)74-98(94)109)111(6)72-42-24-18-16-20-26-44-82-58-68-106-96(76-82)92-50-32-38-56-104(92)115(106)86-65-61-84(62-66-86)113-101-53-35-29-47-89(101)90-48-30-36-54-102(90)113/h27-38,45-68,73-78H,7-26,39-44,69-72H2,1-6H3. The van der Waals surface area contributed by atoms with Crippen molar-refractivity contribution in [3.05, 3.63) is 288 Å². The fourth-order valence-corrected chi connectivity index (χ4v) is 20.5. The average molecular weight is 1510 g/mol. The van der Waals surface area contributed by atoms with Gasteiger partial charge < -0.3 is 28.1 Å². The summed E-state index contributed by atoms with van der Waals surface area (Å²) >= 11 is 0. The SMILES string of the molecule is CCCCCCCCC1(CCCCCCCC)c2cc(C)c(N(C)CCCCCCCCc3ccc4c(c3)c3ccccc3n4-c3ccc(-n4c5ccccc5c5ccccc54)cc3)cc2-c2cc(N(C)CCCCCCCCc3ccc4c(c3)c3ccccc3n4-c3ccc(-n4c5ccccc5c5ccccc54)cc3)c(C)cc21. The summed E-state index contributed by atoms with van der Waals surface area (Å²) in [7, 11) is 4.76. The Bertz CT molecular complexity index is 5570. The van der Waals surface area contributed by atoms with Gasteiger partial charge in [-0.1, -0.05) is 276 Å². The maximum absolute atomic E-state index is 2.70. The lowest BCUT2D eigenvalue weighted by Gasteiger charge is -2.34. The highest BCUT2D eigenvalue weighted by Gasteiger charge is 2.43. The van der Waals surface area contributed by atoms with Gasteiger partial charge in [-0.3, -0.25) is 0 Å². The molecule has 16 aromatic rings. The van der Waals surface area contributed by atoms with E-state index in [2.05, 4.69) is 325 Å². The molecule has 1 aliphatic carbocycles. The molecule has 4 heterocycles. The lowest BCUT2D eigenvalue weighted by Crippen LogP contribution is -2.27. The first kappa shape index (κ1) is 77.0. The van der Waals surface area contributed by atoms with Crippen molar-refractivity contribution in [1.82, 2.24) is 18.3 Å². The van der Waals surface area contributed by atoms with Gasteiger partial charge in [-0.15, -0.1) is 0 Å². The number of hydrogen-bond acceptors (Lipinski definition) is 2. The van der Waals surface area contributed by atoms with Crippen LogP contribution in [0.5, 0.6) is 0 Å². The molecule has 115 heavy (non-hydrogen) atoms. The largest absolute Gasteiger partial charge is 0.374 e. The van der Waals surface area contributed by atoms with Crippen LogP contribution >= 0.6 is 0 Å². The zero-order chi connectivity index (χ0) is 78.2. The van der Waals surface area contributed by atoms with E-state index >= 15 is 0 Å². The van der Waals surface area contributed by atoms with Gasteiger partial charge in [-0.25, -0.2) is 0 Å². The van der Waals surface area contributed by atoms with Crippen molar-refractivity contribution in [3.8, 4) is 33.9 Å². The van der Waals surface area contributed by atoms with Crippen molar-refractivity contribution >= 4 is 98.6 Å². The van der Waals surface area contributed by atoms with Gasteiger partial charge in [0.15, 0.2) is 0 Å². The second-order valence-corrected chi connectivity index (χ2v) is 34.3. The molecule has 0 radical (unpaired) electrons. The molecule has 0 spiro atoms. The van der Waals surface area contributed by atoms with E-state index in [1.54, 1.807) is 11.1 Å². The summed E-state index contributed by atoms with van der Waals surface area (Å²) in [6.07, 6.45) is 35.9. The normalized spacial score (nSPS) is 12.7. The fraction of sp³-hybridized carbons (Fsp3) is 0.339. The molecule has 586 valence electrons. The summed E-state index contributed by atoms with van der Waals surface area (Å²) in [5, 5.41) is 10.5. The minimum atomic E-state index is 0.0554. The van der Waals surface area contributed by atoms with Gasteiger partial charge in [0.1, 0.15) is 0 Å². The van der Waals surface area contributed by atoms with Gasteiger partial charge in [-0.05, 0) is 231 Å². The van der Waals surface area contributed by atoms with E-state index in [4.69, 9.17) is 0 Å². The van der Waals surface area contributed by atoms with Crippen LogP contribution in [0.2, 0.25) is 0 Å². The van der Waals surface area contributed by atoms with Crippen LogP contribution in [0.3, 0.4) is 0 Å². The molecular weight excluding hydrogens is 1390 g/mol. The smallest absolute Gasteiger partial charge is 0.0541 e. The third-order valence-electron chi connectivity index (χ3n) is 26.5. The van der Waals surface area contributed by atoms with E-state index in [9.17, 15) is 0 Å². The summed E-state index contributed by atoms with van der Waals surface area (Å²) in [4.78, 5) is 5.22. The number of hydrogen-bond donors (Lipinski definition) is 0. The Labute approximate surface area is 684 Å². The molecule has 0 fully saturated rings. The molecule has 12 aromatic carbocycles. The summed E-state index contributed by atoms with van der Waals surface area (Å²) in [6, 6.07) is 96.7. The second-order valence-electron chi connectivity index (χ2n) is 34.3. The zero-order valence-electron chi connectivity index (χ0n) is 69.6. The van der Waals surface area contributed by atoms with E-state index in [0.717, 1.165) is 25.9 Å². The lowest BCUT2D eigenvalue weighted by molar-refractivity contribution is 0.397. The highest BCUT2D eigenvalue weighted by atomic mass is 15.1. The second kappa shape index (κ2) is 35.3. The van der Waals surface area contributed by atoms with Crippen LogP contribution in [0.25, 0.3) is 121 Å². The molecule has 6 heteroatoms. The molecule has 0 N–H and O–H groups in total. The Balaban J connectivity index is 0.517. The molecule has 0 saturated carbocycles. The van der Waals surface area contributed by atoms with Crippen molar-refractivity contribution in [2.75, 3.05) is 37.0 Å². The van der Waals surface area contributed by atoms with E-state index in [1.807, 2.05) is 0 Å². The maximum atomic E-state index is 2.70. The van der Waals surface area contributed by atoms with E-state index in [-0.39, 0.29) is 5.41 Å². The Kier molecular flexibility index (Phi) is 23.6. The molecule has 0 atom stereocenters. The van der Waals surface area contributed by atoms with E-state index < -0.39 is 0 Å². The summed E-state index contributed by atoms with van der Waals surface area (Å²) in [6.45, 7) is 11.7. The Morgan fingerprint density at radius 3 is 0.826 bits per heavy atom. The fourth-order valence-electron chi connectivity index (χ4n) is 20.5. The van der Waals surface area contributed by atoms with Crippen molar-refractivity contribution < 1.29 is 0 Å². The first-order valence-corrected chi connectivity index (χ1v) is 44.6. The number of nitrogens with zero attached hydrogens (tertiary/aromatic N) is 6. The van der Waals surface area contributed by atoms with Crippen molar-refractivity contribution in [2.24, 2.45) is 0 Å². The summed E-state index contributed by atoms with van der Waals surface area (Å²) in [5.41, 5.74) is 29.7. The molecule has 0 bridgehead atoms. The summed E-state index contributed by atoms with van der Waals surface area (Å²) in [5.74, 6) is 0. The minimum Gasteiger partial charge on any atom is -0.374 e. The molecule has 6 nitrogen and oxygen atoms in total. The number of anilines is 2. The first-order valence-electron chi connectivity index (χ1n) is 44.6. The molecule has 0 saturated heterocycles. The maximum Gasteiger partial charge on any atom is 0.0541 e. The monoisotopic (exact) mass is 1510 g/mol. The van der Waals surface area contributed by atoms with Crippen molar-refractivity contribution in [3.63, 3.8) is 0 Å². The van der Waals surface area contributed by atoms with Crippen molar-refractivity contribution in [2.45, 2.75) is 213 Å². The molecule has 17 rings (SSSR count). The average Bonchev–Trinajstić information content (AvgIpc) is 1.56. The molecule has 0 unspecified atom stereocenters. The van der Waals surface area contributed by atoms with E-state index in [1.165, 1.54) is 322 Å². The topological polar surface area (TPSA) is 26.2 Å². The van der Waals surface area contributed by atoms with Crippen LogP contribution in [0, 0.1) is 13.8 Å². The Morgan fingerprint density at radius 1 is 0.252 bits per heavy atom. The third-order valence-corrected chi connectivity index (χ3v) is 26.5. The number of fused-ring (bicyclic) bond motifs is 15. The van der Waals surface area contributed by atoms with Crippen LogP contribution in [0.4, 0.5) is 11.4 Å². The lowest BCUT2D eigenvalue weighted by atomic mass is 9.70. The Hall–Kier alpha value is -10.6. The number of aromatic nitrogens is 4. The molecular formula is C109H120N6. The molecule has 0 aliphatic heterocycles. The predicted octanol–water partition coefficient (Wildman–Crippen LogP) is 30.5. The van der Waals surface area contributed by atoms with Gasteiger partial charge in [0, 0.05) is 110 Å². The number of unbranched alkanes of at least 4 members (excludes halogenated alkanes) is 20. The van der Waals surface area contributed by atoms with Crippen LogP contribution in [0.15, 0.2) is 255 Å². The van der Waals surface area contributed by atoms with Gasteiger partial charge in [0.05, 0.1) is 44.1 Å². The Morgan fingerprint density at radius 2 is 0.513 bits per heavy atom. The highest BCUT2D eigenvalue weighted by Crippen LogP contribution is 2.57. The first-order chi connectivity index (χ1) is 56.7. The predicted molar refractivity (Wildman–Crippen MR) is 498 cm³/mol. The molecule has 4 aromatic heterocycles. The van der Waals surface area contributed by atoms with Crippen LogP contribution in [-0.4, -0.2) is 45.5 Å². The van der Waals surface area contributed by atoms with E-state index in [0.29, 0.717) is 0 Å². The van der Waals surface area contributed by atoms with Crippen LogP contribution in [0.1, 0.15) is 214 Å². The van der Waals surface area contributed by atoms with Gasteiger partial charge in [-0.2, -0.15) is 0 Å². The summed E-state index contributed by atoms with van der Waals surface area (Å²) < 4.78 is 9.74. The molecule has 1 aliphatic rings. The van der Waals surface area contributed by atoms with Crippen LogP contribution in [-0.2, 0) is 18.3 Å². The number of para-hydroxylation sites is 6. The van der Waals surface area contributed by atoms with Crippen LogP contribution < -0.4 is 9.80 Å². The number of benzene rings is 12. The van der Waals surface area contributed by atoms with Crippen molar-refractivity contribution in [1.29, 1.82) is 0 Å². The van der Waals surface area contributed by atoms with Gasteiger partial charge in [0.25, 0.3) is 0 Å². The molecule has 0 amide bonds. The third kappa shape index (κ3) is 15.6. The van der Waals surface area contributed by atoms with Gasteiger partial charge >= 0.3 is 0 Å².